The zero-order chi connectivity index (χ0) is 14.5. The van der Waals surface area contributed by atoms with E-state index >= 15 is 0 Å². The van der Waals surface area contributed by atoms with Crippen molar-refractivity contribution in [3.63, 3.8) is 0 Å². The van der Waals surface area contributed by atoms with Crippen LogP contribution in [0.15, 0.2) is 53.4 Å². The second-order valence-corrected chi connectivity index (χ2v) is 6.10. The van der Waals surface area contributed by atoms with Crippen molar-refractivity contribution < 1.29 is 4.79 Å². The number of rotatable bonds is 5. The van der Waals surface area contributed by atoms with Gasteiger partial charge in [-0.05, 0) is 35.4 Å². The molecule has 0 saturated heterocycles. The largest absolute Gasteiger partial charge is 0.294 e. The smallest absolute Gasteiger partial charge is 0.167 e. The normalized spacial score (nSPS) is 10.8. The van der Waals surface area contributed by atoms with Gasteiger partial charge in [0.15, 0.2) is 5.78 Å². The van der Waals surface area contributed by atoms with Gasteiger partial charge in [-0.15, -0.1) is 11.8 Å². The van der Waals surface area contributed by atoms with Crippen LogP contribution in [-0.2, 0) is 6.42 Å². The summed E-state index contributed by atoms with van der Waals surface area (Å²) in [5, 5.41) is 0. The van der Waals surface area contributed by atoms with Crippen molar-refractivity contribution >= 4 is 17.5 Å². The third-order valence-electron chi connectivity index (χ3n) is 3.42. The topological polar surface area (TPSA) is 17.1 Å². The van der Waals surface area contributed by atoms with Crippen LogP contribution in [0.25, 0.3) is 0 Å². The van der Waals surface area contributed by atoms with Crippen LogP contribution in [0.1, 0.15) is 41.3 Å². The number of benzene rings is 2. The quantitative estimate of drug-likeness (QED) is 0.570. The van der Waals surface area contributed by atoms with Gasteiger partial charge in [0.1, 0.15) is 0 Å². The minimum absolute atomic E-state index is 0.176. The molecule has 0 heterocycles. The fourth-order valence-electron chi connectivity index (χ4n) is 2.08. The predicted octanol–water partition coefficient (Wildman–Crippen LogP) is 4.96. The number of hydrogen-bond acceptors (Lipinski definition) is 2. The van der Waals surface area contributed by atoms with Crippen LogP contribution < -0.4 is 0 Å². The van der Waals surface area contributed by atoms with E-state index in [4.69, 9.17) is 0 Å². The molecule has 0 fully saturated rings. The summed E-state index contributed by atoms with van der Waals surface area (Å²) in [5.74, 6) is 0.703. The summed E-state index contributed by atoms with van der Waals surface area (Å²) in [6.07, 6.45) is 2.50. The molecule has 0 N–H and O–H groups in total. The zero-order valence-corrected chi connectivity index (χ0v) is 13.0. The average molecular weight is 284 g/mol. The van der Waals surface area contributed by atoms with E-state index in [1.165, 1.54) is 10.5 Å². The fraction of sp³-hybridized carbons (Fsp3) is 0.278. The van der Waals surface area contributed by atoms with E-state index in [0.29, 0.717) is 12.3 Å². The standard InChI is InChI=1S/C18H20OS/c1-13(2)15-6-4-14(5-7-15)12-18(19)16-8-10-17(20-3)11-9-16/h4-11,13H,12H2,1-3H3. The minimum Gasteiger partial charge on any atom is -0.294 e. The summed E-state index contributed by atoms with van der Waals surface area (Å²) >= 11 is 1.69. The summed E-state index contributed by atoms with van der Waals surface area (Å²) in [4.78, 5) is 13.4. The molecule has 2 aromatic carbocycles. The Morgan fingerprint density at radius 2 is 1.60 bits per heavy atom. The Kier molecular flexibility index (Phi) is 5.02. The lowest BCUT2D eigenvalue weighted by Crippen LogP contribution is -2.03. The Labute approximate surface area is 125 Å². The SMILES string of the molecule is CSc1ccc(C(=O)Cc2ccc(C(C)C)cc2)cc1. The van der Waals surface area contributed by atoms with E-state index in [2.05, 4.69) is 38.1 Å². The molecule has 0 aliphatic carbocycles. The first-order valence-electron chi connectivity index (χ1n) is 6.86. The lowest BCUT2D eigenvalue weighted by Gasteiger charge is -2.07. The van der Waals surface area contributed by atoms with E-state index in [1.54, 1.807) is 11.8 Å². The Balaban J connectivity index is 2.06. The van der Waals surface area contributed by atoms with Gasteiger partial charge in [-0.3, -0.25) is 4.79 Å². The highest BCUT2D eigenvalue weighted by Gasteiger charge is 2.07. The van der Waals surface area contributed by atoms with Gasteiger partial charge in [0.05, 0.1) is 0 Å². The summed E-state index contributed by atoms with van der Waals surface area (Å²) in [5.41, 5.74) is 3.18. The van der Waals surface area contributed by atoms with Crippen molar-refractivity contribution in [2.45, 2.75) is 31.1 Å². The van der Waals surface area contributed by atoms with Crippen LogP contribution >= 0.6 is 11.8 Å². The first kappa shape index (κ1) is 14.9. The number of Topliss-reactive ketones (excluding diaryl/α,β-unsaturated/α-hetero) is 1. The van der Waals surface area contributed by atoms with Gasteiger partial charge in [-0.2, -0.15) is 0 Å². The van der Waals surface area contributed by atoms with Crippen molar-refractivity contribution in [2.75, 3.05) is 6.26 Å². The third-order valence-corrected chi connectivity index (χ3v) is 4.17. The van der Waals surface area contributed by atoms with Gasteiger partial charge >= 0.3 is 0 Å². The van der Waals surface area contributed by atoms with Crippen molar-refractivity contribution in [2.24, 2.45) is 0 Å². The molecule has 2 rings (SSSR count). The maximum Gasteiger partial charge on any atom is 0.167 e. The second-order valence-electron chi connectivity index (χ2n) is 5.22. The van der Waals surface area contributed by atoms with Gasteiger partial charge < -0.3 is 0 Å². The molecule has 0 bridgehead atoms. The van der Waals surface area contributed by atoms with Gasteiger partial charge in [0.25, 0.3) is 0 Å². The molecule has 0 aliphatic rings. The number of ketones is 1. The highest BCUT2D eigenvalue weighted by molar-refractivity contribution is 7.98. The van der Waals surface area contributed by atoms with Gasteiger partial charge in [-0.1, -0.05) is 50.2 Å². The van der Waals surface area contributed by atoms with E-state index in [1.807, 2.05) is 30.5 Å². The molecule has 20 heavy (non-hydrogen) atoms. The predicted molar refractivity (Wildman–Crippen MR) is 86.8 cm³/mol. The highest BCUT2D eigenvalue weighted by Crippen LogP contribution is 2.18. The molecule has 0 amide bonds. The van der Waals surface area contributed by atoms with E-state index in [-0.39, 0.29) is 5.78 Å². The van der Waals surface area contributed by atoms with Crippen molar-refractivity contribution in [1.82, 2.24) is 0 Å². The molecule has 2 heteroatoms. The van der Waals surface area contributed by atoms with Gasteiger partial charge in [-0.25, -0.2) is 0 Å². The molecule has 104 valence electrons. The molecular weight excluding hydrogens is 264 g/mol. The second kappa shape index (κ2) is 6.76. The van der Waals surface area contributed by atoms with Crippen molar-refractivity contribution in [1.29, 1.82) is 0 Å². The first-order chi connectivity index (χ1) is 9.60. The molecule has 0 aliphatic heterocycles. The number of carbonyl (C=O) groups excluding carboxylic acids is 1. The number of carbonyl (C=O) groups is 1. The summed E-state index contributed by atoms with van der Waals surface area (Å²) in [6, 6.07) is 16.2. The maximum absolute atomic E-state index is 12.2. The molecule has 0 radical (unpaired) electrons. The Morgan fingerprint density at radius 3 is 2.10 bits per heavy atom. The Morgan fingerprint density at radius 1 is 1.00 bits per heavy atom. The van der Waals surface area contributed by atoms with E-state index < -0.39 is 0 Å². The molecule has 0 atom stereocenters. The van der Waals surface area contributed by atoms with Crippen LogP contribution in [0.4, 0.5) is 0 Å². The molecule has 0 aromatic heterocycles. The van der Waals surface area contributed by atoms with Gasteiger partial charge in [0, 0.05) is 16.9 Å². The monoisotopic (exact) mass is 284 g/mol. The van der Waals surface area contributed by atoms with E-state index in [9.17, 15) is 4.79 Å². The fourth-order valence-corrected chi connectivity index (χ4v) is 2.49. The first-order valence-corrected chi connectivity index (χ1v) is 8.08. The molecule has 0 spiro atoms. The van der Waals surface area contributed by atoms with Crippen LogP contribution in [0.3, 0.4) is 0 Å². The summed E-state index contributed by atoms with van der Waals surface area (Å²) in [6.45, 7) is 4.35. The lowest BCUT2D eigenvalue weighted by atomic mass is 9.98. The summed E-state index contributed by atoms with van der Waals surface area (Å²) in [7, 11) is 0. The number of thioether (sulfide) groups is 1. The Bertz CT molecular complexity index is 567. The zero-order valence-electron chi connectivity index (χ0n) is 12.2. The van der Waals surface area contributed by atoms with Crippen molar-refractivity contribution in [3.05, 3.63) is 65.2 Å². The molecular formula is C18H20OS. The molecule has 2 aromatic rings. The highest BCUT2D eigenvalue weighted by atomic mass is 32.2. The van der Waals surface area contributed by atoms with Crippen molar-refractivity contribution in [3.8, 4) is 0 Å². The minimum atomic E-state index is 0.176. The molecule has 0 saturated carbocycles. The Hall–Kier alpha value is -1.54. The van der Waals surface area contributed by atoms with Crippen LogP contribution in [0, 0.1) is 0 Å². The molecule has 1 nitrogen and oxygen atoms in total. The lowest BCUT2D eigenvalue weighted by molar-refractivity contribution is 0.0993. The van der Waals surface area contributed by atoms with Crippen LogP contribution in [-0.4, -0.2) is 12.0 Å². The average Bonchev–Trinajstić information content (AvgIpc) is 2.48. The molecule has 0 unspecified atom stereocenters. The maximum atomic E-state index is 12.2. The van der Waals surface area contributed by atoms with E-state index in [0.717, 1.165) is 11.1 Å². The number of hydrogen-bond donors (Lipinski definition) is 0. The van der Waals surface area contributed by atoms with Crippen LogP contribution in [0.5, 0.6) is 0 Å². The van der Waals surface area contributed by atoms with Crippen LogP contribution in [0.2, 0.25) is 0 Å². The summed E-state index contributed by atoms with van der Waals surface area (Å²) < 4.78 is 0. The van der Waals surface area contributed by atoms with Gasteiger partial charge in [0.2, 0.25) is 0 Å². The third kappa shape index (κ3) is 3.73.